The first-order chi connectivity index (χ1) is 13.5. The predicted molar refractivity (Wildman–Crippen MR) is 113 cm³/mol. The first kappa shape index (κ1) is 20.6. The van der Waals surface area contributed by atoms with Crippen molar-refractivity contribution in [1.82, 2.24) is 24.9 Å². The van der Waals surface area contributed by atoms with Crippen LogP contribution in [0.4, 0.5) is 5.69 Å². The summed E-state index contributed by atoms with van der Waals surface area (Å²) in [5.74, 6) is 1.64. The summed E-state index contributed by atoms with van der Waals surface area (Å²) in [4.78, 5) is 23.3. The lowest BCUT2D eigenvalue weighted by Crippen LogP contribution is -2.57. The van der Waals surface area contributed by atoms with Gasteiger partial charge >= 0.3 is 0 Å². The second-order valence-corrected chi connectivity index (χ2v) is 8.20. The van der Waals surface area contributed by atoms with Gasteiger partial charge in [0.1, 0.15) is 6.54 Å². The quantitative estimate of drug-likeness (QED) is 0.604. The van der Waals surface area contributed by atoms with Crippen LogP contribution in [0, 0.1) is 5.92 Å². The van der Waals surface area contributed by atoms with Gasteiger partial charge < -0.3 is 20.0 Å². The average Bonchev–Trinajstić information content (AvgIpc) is 3.11. The number of carbonyl (C=O) groups excluding carboxylic acids is 1. The summed E-state index contributed by atoms with van der Waals surface area (Å²) in [6.07, 6.45) is 10.3. The van der Waals surface area contributed by atoms with Crippen molar-refractivity contribution in [2.24, 2.45) is 18.0 Å². The van der Waals surface area contributed by atoms with Gasteiger partial charge in [0.2, 0.25) is 5.91 Å². The molecule has 0 aromatic carbocycles. The highest BCUT2D eigenvalue weighted by Crippen LogP contribution is 2.28. The number of aromatic nitrogens is 2. The lowest BCUT2D eigenvalue weighted by Gasteiger charge is -2.38. The average molecular weight is 390 g/mol. The normalized spacial score (nSPS) is 20.8. The topological polar surface area (TPSA) is 69.0 Å². The van der Waals surface area contributed by atoms with Crippen LogP contribution in [-0.4, -0.2) is 84.8 Å². The second-order valence-electron chi connectivity index (χ2n) is 8.20. The minimum absolute atomic E-state index is 0.0821. The van der Waals surface area contributed by atoms with Crippen LogP contribution in [0.5, 0.6) is 0 Å². The largest absolute Gasteiger partial charge is 0.355 e. The summed E-state index contributed by atoms with van der Waals surface area (Å²) in [5, 5.41) is 7.72. The fourth-order valence-corrected chi connectivity index (χ4v) is 4.49. The van der Waals surface area contributed by atoms with E-state index in [1.807, 2.05) is 13.2 Å². The van der Waals surface area contributed by atoms with Crippen molar-refractivity contribution >= 4 is 17.6 Å². The van der Waals surface area contributed by atoms with E-state index in [2.05, 4.69) is 39.3 Å². The molecule has 8 heteroatoms. The van der Waals surface area contributed by atoms with E-state index in [1.165, 1.54) is 32.1 Å². The van der Waals surface area contributed by atoms with Crippen molar-refractivity contribution < 1.29 is 4.79 Å². The highest BCUT2D eigenvalue weighted by Gasteiger charge is 2.29. The van der Waals surface area contributed by atoms with Gasteiger partial charge in [-0.25, -0.2) is 0 Å². The molecule has 1 aromatic heterocycles. The Labute approximate surface area is 168 Å². The number of nitrogens with one attached hydrogen (secondary N) is 1. The van der Waals surface area contributed by atoms with Crippen LogP contribution in [0.15, 0.2) is 17.4 Å². The maximum atomic E-state index is 12.7. The van der Waals surface area contributed by atoms with Gasteiger partial charge in [0, 0.05) is 46.0 Å². The Balaban J connectivity index is 1.57. The number of hydrogen-bond acceptors (Lipinski definition) is 4. The lowest BCUT2D eigenvalue weighted by molar-refractivity contribution is -0.120. The number of hydrogen-bond donors (Lipinski definition) is 1. The SMILES string of the molecule is CN=C(NCC(C1CCCCC1)N(C)C)N1CCN(c2cnn(C)c2)C(=O)C1. The van der Waals surface area contributed by atoms with Gasteiger partial charge in [-0.3, -0.25) is 14.5 Å². The number of aryl methyl sites for hydroxylation is 1. The maximum absolute atomic E-state index is 12.7. The van der Waals surface area contributed by atoms with Crippen LogP contribution >= 0.6 is 0 Å². The zero-order valence-electron chi connectivity index (χ0n) is 17.8. The number of carbonyl (C=O) groups is 1. The standard InChI is InChI=1S/C20H35N7O/c1-21-20(22-13-18(24(2)3)16-8-6-5-7-9-16)26-10-11-27(19(28)15-26)17-12-23-25(4)14-17/h12,14,16,18H,5-11,13,15H2,1-4H3,(H,21,22). The van der Waals surface area contributed by atoms with Gasteiger partial charge in [-0.05, 0) is 32.9 Å². The first-order valence-electron chi connectivity index (χ1n) is 10.4. The third-order valence-corrected chi connectivity index (χ3v) is 6.06. The van der Waals surface area contributed by atoms with Crippen LogP contribution in [0.3, 0.4) is 0 Å². The van der Waals surface area contributed by atoms with Crippen LogP contribution < -0.4 is 10.2 Å². The van der Waals surface area contributed by atoms with Crippen molar-refractivity contribution in [3.8, 4) is 0 Å². The molecule has 2 fully saturated rings. The molecule has 1 atom stereocenters. The number of amides is 1. The van der Waals surface area contributed by atoms with Gasteiger partial charge in [0.25, 0.3) is 0 Å². The molecule has 0 spiro atoms. The highest BCUT2D eigenvalue weighted by atomic mass is 16.2. The smallest absolute Gasteiger partial charge is 0.246 e. The van der Waals surface area contributed by atoms with E-state index < -0.39 is 0 Å². The maximum Gasteiger partial charge on any atom is 0.246 e. The van der Waals surface area contributed by atoms with Crippen molar-refractivity contribution in [2.45, 2.75) is 38.1 Å². The molecule has 156 valence electrons. The molecular formula is C20H35N7O. The van der Waals surface area contributed by atoms with Crippen molar-refractivity contribution in [3.05, 3.63) is 12.4 Å². The fourth-order valence-electron chi connectivity index (χ4n) is 4.49. The molecule has 1 aliphatic carbocycles. The van der Waals surface area contributed by atoms with Crippen molar-refractivity contribution in [1.29, 1.82) is 0 Å². The number of nitrogens with zero attached hydrogens (tertiary/aromatic N) is 6. The molecule has 28 heavy (non-hydrogen) atoms. The fraction of sp³-hybridized carbons (Fsp3) is 0.750. The molecule has 1 aromatic rings. The molecular weight excluding hydrogens is 354 g/mol. The van der Waals surface area contributed by atoms with Gasteiger partial charge in [-0.1, -0.05) is 19.3 Å². The van der Waals surface area contributed by atoms with E-state index in [0.717, 1.165) is 30.7 Å². The van der Waals surface area contributed by atoms with E-state index in [-0.39, 0.29) is 5.91 Å². The van der Waals surface area contributed by atoms with Gasteiger partial charge in [0.05, 0.1) is 11.9 Å². The predicted octanol–water partition coefficient (Wildman–Crippen LogP) is 1.15. The zero-order chi connectivity index (χ0) is 20.1. The minimum Gasteiger partial charge on any atom is -0.355 e. The van der Waals surface area contributed by atoms with E-state index in [4.69, 9.17) is 0 Å². The Morgan fingerprint density at radius 2 is 2.07 bits per heavy atom. The Morgan fingerprint density at radius 1 is 1.32 bits per heavy atom. The van der Waals surface area contributed by atoms with E-state index in [9.17, 15) is 4.79 Å². The number of likely N-dealkylation sites (N-methyl/N-ethyl adjacent to an activating group) is 1. The monoisotopic (exact) mass is 389 g/mol. The van der Waals surface area contributed by atoms with Crippen LogP contribution in [0.2, 0.25) is 0 Å². The summed E-state index contributed by atoms with van der Waals surface area (Å²) in [6, 6.07) is 0.490. The molecule has 1 aliphatic heterocycles. The number of aliphatic imine (C=N–C) groups is 1. The Hall–Kier alpha value is -2.09. The molecule has 8 nitrogen and oxygen atoms in total. The van der Waals surface area contributed by atoms with E-state index in [0.29, 0.717) is 19.1 Å². The Kier molecular flexibility index (Phi) is 6.93. The number of anilines is 1. The summed E-state index contributed by atoms with van der Waals surface area (Å²) in [5.41, 5.74) is 0.861. The van der Waals surface area contributed by atoms with Crippen LogP contribution in [0.1, 0.15) is 32.1 Å². The number of guanidine groups is 1. The molecule has 1 amide bonds. The molecule has 1 N–H and O–H groups in total. The summed E-state index contributed by atoms with van der Waals surface area (Å²) in [7, 11) is 7.99. The second kappa shape index (κ2) is 9.41. The van der Waals surface area contributed by atoms with Gasteiger partial charge in [-0.2, -0.15) is 5.10 Å². The molecule has 3 rings (SSSR count). The summed E-state index contributed by atoms with van der Waals surface area (Å²) in [6.45, 7) is 2.60. The van der Waals surface area contributed by atoms with Crippen LogP contribution in [0.25, 0.3) is 0 Å². The van der Waals surface area contributed by atoms with E-state index in [1.54, 1.807) is 22.8 Å². The number of piperazine rings is 1. The number of rotatable bonds is 5. The molecule has 2 heterocycles. The zero-order valence-corrected chi connectivity index (χ0v) is 17.8. The Bertz CT molecular complexity index is 678. The summed E-state index contributed by atoms with van der Waals surface area (Å²) < 4.78 is 1.72. The third-order valence-electron chi connectivity index (χ3n) is 6.06. The van der Waals surface area contributed by atoms with E-state index >= 15 is 0 Å². The van der Waals surface area contributed by atoms with Gasteiger partial charge in [-0.15, -0.1) is 0 Å². The highest BCUT2D eigenvalue weighted by molar-refractivity contribution is 5.98. The van der Waals surface area contributed by atoms with Gasteiger partial charge in [0.15, 0.2) is 5.96 Å². The van der Waals surface area contributed by atoms with Crippen LogP contribution in [-0.2, 0) is 11.8 Å². The molecule has 1 saturated carbocycles. The molecule has 2 aliphatic rings. The third kappa shape index (κ3) is 4.84. The summed E-state index contributed by atoms with van der Waals surface area (Å²) >= 11 is 0. The molecule has 0 radical (unpaired) electrons. The minimum atomic E-state index is 0.0821. The molecule has 1 saturated heterocycles. The Morgan fingerprint density at radius 3 is 2.64 bits per heavy atom. The van der Waals surface area contributed by atoms with Crippen molar-refractivity contribution in [3.63, 3.8) is 0 Å². The molecule has 0 bridgehead atoms. The first-order valence-corrected chi connectivity index (χ1v) is 10.4. The molecule has 1 unspecified atom stereocenters. The lowest BCUT2D eigenvalue weighted by atomic mass is 9.83. The van der Waals surface area contributed by atoms with Crippen molar-refractivity contribution in [2.75, 3.05) is 52.2 Å².